The molecule has 0 bridgehead atoms. The van der Waals surface area contributed by atoms with E-state index >= 15 is 0 Å². The van der Waals surface area contributed by atoms with Gasteiger partial charge in [-0.1, -0.05) is 23.5 Å². The molecule has 0 spiro atoms. The van der Waals surface area contributed by atoms with Gasteiger partial charge in [0, 0.05) is 19.2 Å². The lowest BCUT2D eigenvalue weighted by molar-refractivity contribution is -0.137. The van der Waals surface area contributed by atoms with E-state index in [0.29, 0.717) is 11.3 Å². The number of fused-ring (bicyclic) bond motifs is 1. The van der Waals surface area contributed by atoms with Gasteiger partial charge in [-0.3, -0.25) is 5.32 Å². The van der Waals surface area contributed by atoms with Gasteiger partial charge in [0.25, 0.3) is 16.4 Å². The Kier molecular flexibility index (Phi) is 8.06. The van der Waals surface area contributed by atoms with Crippen molar-refractivity contribution in [2.24, 2.45) is 0 Å². The number of halogens is 5. The van der Waals surface area contributed by atoms with Gasteiger partial charge in [0.05, 0.1) is 29.8 Å². The third-order valence-electron chi connectivity index (χ3n) is 5.42. The summed E-state index contributed by atoms with van der Waals surface area (Å²) in [5.74, 6) is -0.364. The molecule has 0 fully saturated rings. The average Bonchev–Trinajstić information content (AvgIpc) is 3.46. The van der Waals surface area contributed by atoms with E-state index < -0.39 is 46.6 Å². The lowest BCUT2D eigenvalue weighted by Crippen LogP contribution is -2.29. The average molecular weight is 607 g/mol. The molecule has 1 aromatic carbocycles. The van der Waals surface area contributed by atoms with Crippen LogP contribution in [0, 0.1) is 6.92 Å². The van der Waals surface area contributed by atoms with Gasteiger partial charge in [0.1, 0.15) is 5.69 Å². The fourth-order valence-electron chi connectivity index (χ4n) is 3.46. The molecule has 1 amide bonds. The van der Waals surface area contributed by atoms with Gasteiger partial charge < -0.3 is 9.84 Å². The number of likely N-dealkylation sites (N-methyl/N-ethyl adjacent to an activating group) is 1. The highest BCUT2D eigenvalue weighted by molar-refractivity contribution is 7.91. The summed E-state index contributed by atoms with van der Waals surface area (Å²) in [5.41, 5.74) is -1.89. The Morgan fingerprint density at radius 1 is 1.23 bits per heavy atom. The van der Waals surface area contributed by atoms with Crippen LogP contribution < -0.4 is 10.1 Å². The third kappa shape index (κ3) is 5.88. The highest BCUT2D eigenvalue weighted by atomic mass is 32.2. The number of aliphatic hydroxyl groups is 1. The van der Waals surface area contributed by atoms with Crippen LogP contribution in [0.25, 0.3) is 16.9 Å². The molecule has 0 radical (unpaired) electrons. The first kappa shape index (κ1) is 29.2. The molecule has 3 aromatic heterocycles. The molecule has 40 heavy (non-hydrogen) atoms. The van der Waals surface area contributed by atoms with Crippen molar-refractivity contribution < 1.29 is 45.0 Å². The number of ether oxygens (including phenoxy) is 1. The molecule has 3 heterocycles. The number of nitrogens with zero attached hydrogens (tertiary/aromatic N) is 5. The van der Waals surface area contributed by atoms with Gasteiger partial charge in [-0.15, -0.1) is 0 Å². The number of anilines is 1. The number of carbonyl (C=O) groups excluding carboxylic acids is 1. The number of aromatic nitrogens is 4. The summed E-state index contributed by atoms with van der Waals surface area (Å²) in [6.45, 7) is 0.824. The second kappa shape index (κ2) is 11.0. The normalized spacial score (nSPS) is 12.4. The number of amides is 1. The molecule has 4 rings (SSSR count). The molecule has 4 aromatic rings. The Labute approximate surface area is 226 Å². The van der Waals surface area contributed by atoms with Crippen LogP contribution in [0.2, 0.25) is 0 Å². The summed E-state index contributed by atoms with van der Waals surface area (Å²) in [4.78, 5) is 20.7. The van der Waals surface area contributed by atoms with E-state index in [0.717, 1.165) is 45.3 Å². The van der Waals surface area contributed by atoms with Crippen LogP contribution in [0.3, 0.4) is 0 Å². The molecule has 11 nitrogen and oxygen atoms in total. The molecular formula is C22H19F5N6O5S2. The van der Waals surface area contributed by atoms with E-state index in [1.165, 1.54) is 14.0 Å². The minimum atomic E-state index is -4.60. The monoisotopic (exact) mass is 606 g/mol. The minimum absolute atomic E-state index is 0.0745. The van der Waals surface area contributed by atoms with Crippen molar-refractivity contribution in [3.05, 3.63) is 53.5 Å². The number of benzene rings is 1. The zero-order valence-corrected chi connectivity index (χ0v) is 22.1. The maximum absolute atomic E-state index is 13.8. The molecule has 18 heteroatoms. The Morgan fingerprint density at radius 2 is 1.90 bits per heavy atom. The number of hydrogen-bond acceptors (Lipinski definition) is 9. The smallest absolute Gasteiger partial charge is 0.404 e. The standard InChI is InChI=1S/C22H19F5N6O5S2/c1-11-19(40(36,37)32(2)7-8-34)39-20(29-11)31-21(35)38-16-10-28-33-15(17(23)24)9-14(30-18(16)33)12-3-5-13(6-4-12)22(25,26)27/h3-6,9-10,17,34H,7-8H2,1-2H3,(H,29,31,35). The summed E-state index contributed by atoms with van der Waals surface area (Å²) in [6, 6.07) is 4.63. The van der Waals surface area contributed by atoms with E-state index in [-0.39, 0.29) is 44.2 Å². The van der Waals surface area contributed by atoms with Gasteiger partial charge >= 0.3 is 12.3 Å². The Hall–Kier alpha value is -3.74. The molecule has 0 aliphatic carbocycles. The van der Waals surface area contributed by atoms with Gasteiger partial charge in [-0.25, -0.2) is 36.5 Å². The number of nitrogens with one attached hydrogen (secondary N) is 1. The molecule has 0 unspecified atom stereocenters. The quantitative estimate of drug-likeness (QED) is 0.283. The first-order valence-electron chi connectivity index (χ1n) is 11.1. The fraction of sp³-hybridized carbons (Fsp3) is 0.273. The molecule has 0 aliphatic heterocycles. The second-order valence-corrected chi connectivity index (χ2v) is 11.4. The highest BCUT2D eigenvalue weighted by Gasteiger charge is 2.30. The number of carbonyl (C=O) groups is 1. The van der Waals surface area contributed by atoms with Crippen molar-refractivity contribution in [1.82, 2.24) is 23.9 Å². The highest BCUT2D eigenvalue weighted by Crippen LogP contribution is 2.33. The van der Waals surface area contributed by atoms with Crippen LogP contribution in [0.4, 0.5) is 31.9 Å². The predicted octanol–water partition coefficient (Wildman–Crippen LogP) is 4.34. The number of aliphatic hydroxyl groups excluding tert-OH is 1. The SMILES string of the molecule is Cc1nc(NC(=O)Oc2cnn3c(C(F)F)cc(-c4ccc(C(F)(F)F)cc4)nc23)sc1S(=O)(=O)N(C)CCO. The van der Waals surface area contributed by atoms with Crippen molar-refractivity contribution >= 4 is 38.2 Å². The van der Waals surface area contributed by atoms with Crippen molar-refractivity contribution in [2.75, 3.05) is 25.5 Å². The van der Waals surface area contributed by atoms with Crippen molar-refractivity contribution in [1.29, 1.82) is 0 Å². The van der Waals surface area contributed by atoms with Crippen LogP contribution in [0.1, 0.15) is 23.4 Å². The molecule has 0 aliphatic rings. The number of aryl methyl sites for hydroxylation is 1. The van der Waals surface area contributed by atoms with Crippen LogP contribution in [-0.2, 0) is 16.2 Å². The zero-order valence-electron chi connectivity index (χ0n) is 20.5. The number of sulfonamides is 1. The number of thiazole rings is 1. The van der Waals surface area contributed by atoms with E-state index in [2.05, 4.69) is 20.4 Å². The summed E-state index contributed by atoms with van der Waals surface area (Å²) in [5, 5.41) is 14.9. The molecule has 2 N–H and O–H groups in total. The topological polar surface area (TPSA) is 139 Å². The summed E-state index contributed by atoms with van der Waals surface area (Å²) < 4.78 is 98.2. The molecule has 0 saturated heterocycles. The van der Waals surface area contributed by atoms with E-state index in [1.54, 1.807) is 0 Å². The van der Waals surface area contributed by atoms with E-state index in [4.69, 9.17) is 9.84 Å². The predicted molar refractivity (Wildman–Crippen MR) is 132 cm³/mol. The number of rotatable bonds is 8. The maximum atomic E-state index is 13.8. The second-order valence-electron chi connectivity index (χ2n) is 8.14. The van der Waals surface area contributed by atoms with Crippen LogP contribution >= 0.6 is 11.3 Å². The Balaban J connectivity index is 1.62. The van der Waals surface area contributed by atoms with Gasteiger partial charge in [0.2, 0.25) is 0 Å². The Bertz CT molecular complexity index is 1650. The maximum Gasteiger partial charge on any atom is 0.419 e. The van der Waals surface area contributed by atoms with Gasteiger partial charge in [-0.05, 0) is 25.1 Å². The van der Waals surface area contributed by atoms with Crippen molar-refractivity contribution in [3.8, 4) is 17.0 Å². The minimum Gasteiger partial charge on any atom is -0.404 e. The number of alkyl halides is 5. The molecule has 214 valence electrons. The van der Waals surface area contributed by atoms with Crippen LogP contribution in [-0.4, -0.2) is 63.7 Å². The lowest BCUT2D eigenvalue weighted by Gasteiger charge is -2.14. The first-order chi connectivity index (χ1) is 18.7. The van der Waals surface area contributed by atoms with Gasteiger partial charge in [0.15, 0.2) is 20.7 Å². The van der Waals surface area contributed by atoms with Crippen LogP contribution in [0.15, 0.2) is 40.7 Å². The fourth-order valence-corrected chi connectivity index (χ4v) is 6.21. The third-order valence-corrected chi connectivity index (χ3v) is 8.94. The zero-order chi connectivity index (χ0) is 29.4. The molecule has 0 atom stereocenters. The van der Waals surface area contributed by atoms with Crippen LogP contribution in [0.5, 0.6) is 5.75 Å². The summed E-state index contributed by atoms with van der Waals surface area (Å²) >= 11 is 0.624. The van der Waals surface area contributed by atoms with Gasteiger partial charge in [-0.2, -0.15) is 22.6 Å². The molecule has 0 saturated carbocycles. The summed E-state index contributed by atoms with van der Waals surface area (Å²) in [7, 11) is -2.74. The van der Waals surface area contributed by atoms with E-state index in [1.807, 2.05) is 0 Å². The van der Waals surface area contributed by atoms with Crippen molar-refractivity contribution in [2.45, 2.75) is 23.7 Å². The van der Waals surface area contributed by atoms with Crippen molar-refractivity contribution in [3.63, 3.8) is 0 Å². The Morgan fingerprint density at radius 3 is 2.50 bits per heavy atom. The lowest BCUT2D eigenvalue weighted by atomic mass is 10.1. The molecular weight excluding hydrogens is 587 g/mol. The summed E-state index contributed by atoms with van der Waals surface area (Å²) in [6.07, 6.45) is -7.89. The van der Waals surface area contributed by atoms with E-state index in [9.17, 15) is 35.2 Å². The number of hydrogen-bond donors (Lipinski definition) is 2. The largest absolute Gasteiger partial charge is 0.419 e. The first-order valence-corrected chi connectivity index (χ1v) is 13.4.